The Labute approximate surface area is 122 Å². The number of rotatable bonds is 4. The SMILES string of the molecule is COc1ccc(N(Cc2cccs2)C2=NCCN2)cc1. The van der Waals surface area contributed by atoms with Crippen LogP contribution in [0.4, 0.5) is 5.69 Å². The van der Waals surface area contributed by atoms with E-state index < -0.39 is 0 Å². The molecule has 2 heterocycles. The molecule has 0 bridgehead atoms. The molecule has 1 aliphatic heterocycles. The van der Waals surface area contributed by atoms with Crippen LogP contribution in [0.1, 0.15) is 4.88 Å². The fourth-order valence-corrected chi connectivity index (χ4v) is 2.87. The minimum absolute atomic E-state index is 0.829. The molecule has 3 rings (SSSR count). The van der Waals surface area contributed by atoms with Crippen LogP contribution in [0.2, 0.25) is 0 Å². The molecule has 1 N–H and O–H groups in total. The first-order valence-electron chi connectivity index (χ1n) is 6.59. The van der Waals surface area contributed by atoms with Crippen molar-refractivity contribution >= 4 is 23.0 Å². The van der Waals surface area contributed by atoms with Crippen molar-refractivity contribution in [3.63, 3.8) is 0 Å². The number of methoxy groups -OCH3 is 1. The molecule has 0 saturated heterocycles. The molecule has 1 aliphatic rings. The van der Waals surface area contributed by atoms with Crippen LogP contribution in [-0.2, 0) is 6.54 Å². The fraction of sp³-hybridized carbons (Fsp3) is 0.267. The van der Waals surface area contributed by atoms with E-state index in [-0.39, 0.29) is 0 Å². The quantitative estimate of drug-likeness (QED) is 0.939. The van der Waals surface area contributed by atoms with Gasteiger partial charge in [-0.3, -0.25) is 4.99 Å². The molecule has 104 valence electrons. The molecule has 0 unspecified atom stereocenters. The lowest BCUT2D eigenvalue weighted by atomic mass is 10.2. The van der Waals surface area contributed by atoms with Crippen molar-refractivity contribution in [2.24, 2.45) is 4.99 Å². The van der Waals surface area contributed by atoms with Crippen LogP contribution >= 0.6 is 11.3 Å². The summed E-state index contributed by atoms with van der Waals surface area (Å²) in [6.45, 7) is 2.58. The highest BCUT2D eigenvalue weighted by molar-refractivity contribution is 7.09. The summed E-state index contributed by atoms with van der Waals surface area (Å²) in [5.41, 5.74) is 1.12. The zero-order valence-electron chi connectivity index (χ0n) is 11.4. The van der Waals surface area contributed by atoms with E-state index >= 15 is 0 Å². The van der Waals surface area contributed by atoms with Crippen LogP contribution < -0.4 is 15.0 Å². The summed E-state index contributed by atoms with van der Waals surface area (Å²) in [5.74, 6) is 1.81. The summed E-state index contributed by atoms with van der Waals surface area (Å²) in [5, 5.41) is 5.45. The van der Waals surface area contributed by atoms with Gasteiger partial charge in [-0.1, -0.05) is 6.07 Å². The van der Waals surface area contributed by atoms with E-state index in [0.29, 0.717) is 0 Å². The lowest BCUT2D eigenvalue weighted by Crippen LogP contribution is -2.38. The third-order valence-corrected chi connectivity index (χ3v) is 4.05. The van der Waals surface area contributed by atoms with Crippen LogP contribution in [0.15, 0.2) is 46.8 Å². The maximum atomic E-state index is 5.22. The molecule has 0 spiro atoms. The molecule has 0 saturated carbocycles. The topological polar surface area (TPSA) is 36.9 Å². The molecule has 4 nitrogen and oxygen atoms in total. The highest BCUT2D eigenvalue weighted by Crippen LogP contribution is 2.23. The number of hydrogen-bond acceptors (Lipinski definition) is 5. The number of benzene rings is 1. The highest BCUT2D eigenvalue weighted by Gasteiger charge is 2.17. The Morgan fingerprint density at radius 1 is 1.30 bits per heavy atom. The number of thiophene rings is 1. The molecule has 0 radical (unpaired) electrons. The van der Waals surface area contributed by atoms with Gasteiger partial charge in [0.25, 0.3) is 0 Å². The zero-order chi connectivity index (χ0) is 13.8. The van der Waals surface area contributed by atoms with Gasteiger partial charge in [-0.15, -0.1) is 11.3 Å². The molecular weight excluding hydrogens is 270 g/mol. The molecule has 0 aliphatic carbocycles. The normalized spacial score (nSPS) is 13.8. The summed E-state index contributed by atoms with van der Waals surface area (Å²) in [4.78, 5) is 8.06. The molecule has 1 aromatic heterocycles. The number of nitrogens with zero attached hydrogens (tertiary/aromatic N) is 2. The summed E-state index contributed by atoms with van der Waals surface area (Å²) in [6.07, 6.45) is 0. The van der Waals surface area contributed by atoms with Crippen molar-refractivity contribution in [2.75, 3.05) is 25.1 Å². The Morgan fingerprint density at radius 3 is 2.75 bits per heavy atom. The van der Waals surface area contributed by atoms with Gasteiger partial charge in [-0.2, -0.15) is 0 Å². The third-order valence-electron chi connectivity index (χ3n) is 3.19. The second kappa shape index (κ2) is 5.96. The number of guanidine groups is 1. The highest BCUT2D eigenvalue weighted by atomic mass is 32.1. The lowest BCUT2D eigenvalue weighted by Gasteiger charge is -2.24. The third kappa shape index (κ3) is 2.77. The van der Waals surface area contributed by atoms with Crippen molar-refractivity contribution in [1.82, 2.24) is 5.32 Å². The van der Waals surface area contributed by atoms with E-state index in [9.17, 15) is 0 Å². The summed E-state index contributed by atoms with van der Waals surface area (Å²) in [6, 6.07) is 12.3. The second-order valence-corrected chi connectivity index (χ2v) is 5.53. The van der Waals surface area contributed by atoms with E-state index in [1.165, 1.54) is 4.88 Å². The maximum absolute atomic E-state index is 5.22. The van der Waals surface area contributed by atoms with E-state index in [0.717, 1.165) is 37.0 Å². The van der Waals surface area contributed by atoms with Crippen LogP contribution in [0, 0.1) is 0 Å². The Kier molecular flexibility index (Phi) is 3.87. The fourth-order valence-electron chi connectivity index (χ4n) is 2.18. The number of ether oxygens (including phenoxy) is 1. The van der Waals surface area contributed by atoms with Crippen LogP contribution in [0.3, 0.4) is 0 Å². The minimum Gasteiger partial charge on any atom is -0.497 e. The van der Waals surface area contributed by atoms with Gasteiger partial charge in [0, 0.05) is 17.1 Å². The van der Waals surface area contributed by atoms with Gasteiger partial charge in [0.15, 0.2) is 5.96 Å². The molecule has 0 atom stereocenters. The van der Waals surface area contributed by atoms with Gasteiger partial charge in [0.05, 0.1) is 20.2 Å². The summed E-state index contributed by atoms with van der Waals surface area (Å²) < 4.78 is 5.22. The second-order valence-electron chi connectivity index (χ2n) is 4.50. The number of nitrogens with one attached hydrogen (secondary N) is 1. The Morgan fingerprint density at radius 2 is 2.15 bits per heavy atom. The Bertz CT molecular complexity index is 578. The van der Waals surface area contributed by atoms with Crippen LogP contribution in [-0.4, -0.2) is 26.2 Å². The van der Waals surface area contributed by atoms with Gasteiger partial charge in [-0.25, -0.2) is 0 Å². The van der Waals surface area contributed by atoms with Crippen LogP contribution in [0.25, 0.3) is 0 Å². The first kappa shape index (κ1) is 13.0. The minimum atomic E-state index is 0.829. The first-order valence-corrected chi connectivity index (χ1v) is 7.47. The standard InChI is InChI=1S/C15H17N3OS/c1-19-13-6-4-12(5-7-13)18(15-16-8-9-17-15)11-14-3-2-10-20-14/h2-7,10H,8-9,11H2,1H3,(H,16,17). The van der Waals surface area contributed by atoms with Gasteiger partial charge in [0.2, 0.25) is 0 Å². The molecule has 0 amide bonds. The van der Waals surface area contributed by atoms with Gasteiger partial charge < -0.3 is 15.0 Å². The van der Waals surface area contributed by atoms with Crippen molar-refractivity contribution in [3.8, 4) is 5.75 Å². The van der Waals surface area contributed by atoms with Gasteiger partial charge in [-0.05, 0) is 35.7 Å². The Balaban J connectivity index is 1.87. The van der Waals surface area contributed by atoms with Crippen molar-refractivity contribution in [3.05, 3.63) is 46.7 Å². The van der Waals surface area contributed by atoms with Gasteiger partial charge in [0.1, 0.15) is 5.75 Å². The number of aliphatic imine (C=N–C) groups is 1. The molecule has 1 aromatic carbocycles. The Hall–Kier alpha value is -2.01. The smallest absolute Gasteiger partial charge is 0.198 e. The molecule has 0 fully saturated rings. The van der Waals surface area contributed by atoms with E-state index in [4.69, 9.17) is 4.74 Å². The lowest BCUT2D eigenvalue weighted by molar-refractivity contribution is 0.415. The van der Waals surface area contributed by atoms with Crippen LogP contribution in [0.5, 0.6) is 5.75 Å². The summed E-state index contributed by atoms with van der Waals surface area (Å²) in [7, 11) is 1.68. The average Bonchev–Trinajstić information content (AvgIpc) is 3.18. The molecular formula is C15H17N3OS. The summed E-state index contributed by atoms with van der Waals surface area (Å²) >= 11 is 1.76. The van der Waals surface area contributed by atoms with E-state index in [1.807, 2.05) is 12.1 Å². The first-order chi connectivity index (χ1) is 9.86. The predicted octanol–water partition coefficient (Wildman–Crippen LogP) is 2.72. The molecule has 20 heavy (non-hydrogen) atoms. The van der Waals surface area contributed by atoms with E-state index in [1.54, 1.807) is 18.4 Å². The molecule has 2 aromatic rings. The van der Waals surface area contributed by atoms with Crippen molar-refractivity contribution < 1.29 is 4.74 Å². The number of hydrogen-bond donors (Lipinski definition) is 1. The van der Waals surface area contributed by atoms with Crippen molar-refractivity contribution in [1.29, 1.82) is 0 Å². The largest absolute Gasteiger partial charge is 0.497 e. The maximum Gasteiger partial charge on any atom is 0.198 e. The number of anilines is 1. The average molecular weight is 287 g/mol. The monoisotopic (exact) mass is 287 g/mol. The van der Waals surface area contributed by atoms with E-state index in [2.05, 4.69) is 44.9 Å². The zero-order valence-corrected chi connectivity index (χ0v) is 12.2. The van der Waals surface area contributed by atoms with Crippen molar-refractivity contribution in [2.45, 2.75) is 6.54 Å². The predicted molar refractivity (Wildman–Crippen MR) is 83.8 cm³/mol. The molecule has 5 heteroatoms. The van der Waals surface area contributed by atoms with Gasteiger partial charge >= 0.3 is 0 Å².